The van der Waals surface area contributed by atoms with Crippen molar-refractivity contribution >= 4 is 12.1 Å². The lowest BCUT2D eigenvalue weighted by molar-refractivity contribution is 0.0448. The van der Waals surface area contributed by atoms with E-state index in [1.807, 2.05) is 54.1 Å². The minimum Gasteiger partial charge on any atom is -0.444 e. The second kappa shape index (κ2) is 9.45. The van der Waals surface area contributed by atoms with Crippen LogP contribution in [0.25, 0.3) is 0 Å². The van der Waals surface area contributed by atoms with E-state index in [1.54, 1.807) is 11.7 Å². The first-order valence-electron chi connectivity index (χ1n) is 9.06. The fraction of sp³-hybridized carbons (Fsp3) is 0.722. The van der Waals surface area contributed by atoms with Gasteiger partial charge in [-0.3, -0.25) is 9.67 Å². The van der Waals surface area contributed by atoms with Gasteiger partial charge in [0.1, 0.15) is 5.60 Å². The van der Waals surface area contributed by atoms with Gasteiger partial charge in [0.15, 0.2) is 5.96 Å². The Balaban J connectivity index is 2.62. The van der Waals surface area contributed by atoms with Crippen LogP contribution < -0.4 is 16.0 Å². The van der Waals surface area contributed by atoms with E-state index in [0.717, 1.165) is 18.4 Å². The number of nitrogens with zero attached hydrogens (tertiary/aromatic N) is 3. The summed E-state index contributed by atoms with van der Waals surface area (Å²) in [7, 11) is 3.61. The Bertz CT molecular complexity index is 599. The van der Waals surface area contributed by atoms with Crippen LogP contribution in [0.1, 0.15) is 53.0 Å². The Morgan fingerprint density at radius 1 is 1.27 bits per heavy atom. The molecule has 1 heterocycles. The molecule has 3 N–H and O–H groups in total. The minimum atomic E-state index is -0.522. The van der Waals surface area contributed by atoms with Crippen molar-refractivity contribution in [2.45, 2.75) is 65.1 Å². The molecule has 26 heavy (non-hydrogen) atoms. The summed E-state index contributed by atoms with van der Waals surface area (Å²) in [5.41, 5.74) is 0.139. The van der Waals surface area contributed by atoms with Gasteiger partial charge in [0, 0.05) is 38.9 Å². The van der Waals surface area contributed by atoms with Gasteiger partial charge in [0.2, 0.25) is 0 Å². The molecule has 0 atom stereocenters. The predicted octanol–water partition coefficient (Wildman–Crippen LogP) is 2.17. The molecule has 0 saturated heterocycles. The summed E-state index contributed by atoms with van der Waals surface area (Å²) in [5, 5.41) is 13.7. The molecule has 148 valence electrons. The summed E-state index contributed by atoms with van der Waals surface area (Å²) in [4.78, 5) is 16.4. The Morgan fingerprint density at radius 3 is 2.38 bits per heavy atom. The molecule has 0 aliphatic carbocycles. The summed E-state index contributed by atoms with van der Waals surface area (Å²) in [5.74, 6) is 0.672. The third-order valence-electron chi connectivity index (χ3n) is 4.16. The molecule has 0 spiro atoms. The average Bonchev–Trinajstić information content (AvgIpc) is 2.97. The zero-order chi connectivity index (χ0) is 19.8. The normalized spacial score (nSPS) is 12.7. The molecule has 1 aromatic rings. The van der Waals surface area contributed by atoms with E-state index in [2.05, 4.69) is 26.0 Å². The lowest BCUT2D eigenvalue weighted by Crippen LogP contribution is -2.57. The van der Waals surface area contributed by atoms with E-state index in [1.165, 1.54) is 0 Å². The lowest BCUT2D eigenvalue weighted by Gasteiger charge is -2.34. The van der Waals surface area contributed by atoms with Crippen LogP contribution in [-0.2, 0) is 18.3 Å². The van der Waals surface area contributed by atoms with Crippen molar-refractivity contribution in [2.75, 3.05) is 13.6 Å². The van der Waals surface area contributed by atoms with Gasteiger partial charge in [-0.1, -0.05) is 13.8 Å². The molecule has 1 rings (SSSR count). The van der Waals surface area contributed by atoms with Gasteiger partial charge < -0.3 is 20.7 Å². The van der Waals surface area contributed by atoms with Gasteiger partial charge in [-0.15, -0.1) is 0 Å². The zero-order valence-electron chi connectivity index (χ0n) is 17.1. The van der Waals surface area contributed by atoms with E-state index in [4.69, 9.17) is 4.74 Å². The second-order valence-corrected chi connectivity index (χ2v) is 7.42. The van der Waals surface area contributed by atoms with Gasteiger partial charge >= 0.3 is 6.09 Å². The molecule has 0 aliphatic heterocycles. The molecular formula is C18H34N6O2. The van der Waals surface area contributed by atoms with Gasteiger partial charge in [0.05, 0.1) is 11.7 Å². The molecule has 0 aliphatic rings. The zero-order valence-corrected chi connectivity index (χ0v) is 17.1. The molecule has 0 aromatic carbocycles. The topological polar surface area (TPSA) is 92.6 Å². The van der Waals surface area contributed by atoms with Crippen molar-refractivity contribution in [3.8, 4) is 0 Å². The number of rotatable bonds is 7. The Labute approximate surface area is 156 Å². The lowest BCUT2D eigenvalue weighted by atomic mass is 9.93. The van der Waals surface area contributed by atoms with E-state index in [0.29, 0.717) is 19.0 Å². The SMILES string of the molecule is CCC(CC)(CNC(=NC)NCc1cnn(C)c1)NC(=O)OC(C)(C)C. The highest BCUT2D eigenvalue weighted by atomic mass is 16.6. The molecule has 0 bridgehead atoms. The van der Waals surface area contributed by atoms with Crippen LogP contribution in [0, 0.1) is 0 Å². The third kappa shape index (κ3) is 7.33. The number of alkyl carbamates (subject to hydrolysis) is 1. The summed E-state index contributed by atoms with van der Waals surface area (Å²) >= 11 is 0. The number of hydrogen-bond donors (Lipinski definition) is 3. The molecule has 0 radical (unpaired) electrons. The third-order valence-corrected chi connectivity index (χ3v) is 4.16. The predicted molar refractivity (Wildman–Crippen MR) is 104 cm³/mol. The Morgan fingerprint density at radius 2 is 1.92 bits per heavy atom. The van der Waals surface area contributed by atoms with E-state index in [-0.39, 0.29) is 0 Å². The van der Waals surface area contributed by atoms with Gasteiger partial charge in [0.25, 0.3) is 0 Å². The number of aromatic nitrogens is 2. The summed E-state index contributed by atoms with van der Waals surface area (Å²) in [6, 6.07) is 0. The number of carbonyl (C=O) groups excluding carboxylic acids is 1. The maximum atomic E-state index is 12.2. The van der Waals surface area contributed by atoms with Gasteiger partial charge in [-0.05, 0) is 33.6 Å². The molecule has 1 amide bonds. The van der Waals surface area contributed by atoms with Crippen LogP contribution in [0.2, 0.25) is 0 Å². The van der Waals surface area contributed by atoms with Gasteiger partial charge in [-0.25, -0.2) is 4.79 Å². The summed E-state index contributed by atoms with van der Waals surface area (Å²) in [6.45, 7) is 10.8. The Hall–Kier alpha value is -2.25. The maximum absolute atomic E-state index is 12.2. The molecule has 0 unspecified atom stereocenters. The molecule has 8 heteroatoms. The maximum Gasteiger partial charge on any atom is 0.408 e. The van der Waals surface area contributed by atoms with Crippen molar-refractivity contribution in [1.82, 2.24) is 25.7 Å². The van der Waals surface area contributed by atoms with E-state index < -0.39 is 17.2 Å². The summed E-state index contributed by atoms with van der Waals surface area (Å²) in [6.07, 6.45) is 4.91. The molecule has 0 fully saturated rings. The standard InChI is InChI=1S/C18H34N6O2/c1-8-18(9-2,23-16(25)26-17(3,4)5)13-21-15(19-6)20-10-14-11-22-24(7)12-14/h11-12H,8-10,13H2,1-7H3,(H,23,25)(H2,19,20,21). The highest BCUT2D eigenvalue weighted by Gasteiger charge is 2.30. The Kier molecular flexibility index (Phi) is 7.92. The largest absolute Gasteiger partial charge is 0.444 e. The minimum absolute atomic E-state index is 0.402. The number of aryl methyl sites for hydroxylation is 1. The highest BCUT2D eigenvalue weighted by Crippen LogP contribution is 2.16. The molecule has 0 saturated carbocycles. The van der Waals surface area contributed by atoms with Gasteiger partial charge in [-0.2, -0.15) is 5.10 Å². The van der Waals surface area contributed by atoms with Crippen molar-refractivity contribution in [1.29, 1.82) is 0 Å². The van der Waals surface area contributed by atoms with Crippen molar-refractivity contribution in [2.24, 2.45) is 12.0 Å². The number of nitrogens with one attached hydrogen (secondary N) is 3. The number of guanidine groups is 1. The first-order valence-corrected chi connectivity index (χ1v) is 9.06. The smallest absolute Gasteiger partial charge is 0.408 e. The number of ether oxygens (including phenoxy) is 1. The fourth-order valence-corrected chi connectivity index (χ4v) is 2.46. The number of amides is 1. The number of aliphatic imine (C=N–C) groups is 1. The van der Waals surface area contributed by atoms with E-state index >= 15 is 0 Å². The highest BCUT2D eigenvalue weighted by molar-refractivity contribution is 5.79. The second-order valence-electron chi connectivity index (χ2n) is 7.42. The molecule has 8 nitrogen and oxygen atoms in total. The van der Waals surface area contributed by atoms with Crippen molar-refractivity contribution in [3.05, 3.63) is 18.0 Å². The summed E-state index contributed by atoms with van der Waals surface area (Å²) < 4.78 is 7.17. The van der Waals surface area contributed by atoms with Crippen LogP contribution in [-0.4, -0.2) is 46.6 Å². The quantitative estimate of drug-likeness (QED) is 0.508. The van der Waals surface area contributed by atoms with Crippen LogP contribution >= 0.6 is 0 Å². The van der Waals surface area contributed by atoms with E-state index in [9.17, 15) is 4.79 Å². The van der Waals surface area contributed by atoms with Crippen LogP contribution in [0.15, 0.2) is 17.4 Å². The average molecular weight is 367 g/mol. The van der Waals surface area contributed by atoms with Crippen molar-refractivity contribution < 1.29 is 9.53 Å². The molecular weight excluding hydrogens is 332 g/mol. The van der Waals surface area contributed by atoms with Crippen LogP contribution in [0.5, 0.6) is 0 Å². The first-order chi connectivity index (χ1) is 12.1. The first kappa shape index (κ1) is 21.8. The van der Waals surface area contributed by atoms with Crippen LogP contribution in [0.3, 0.4) is 0 Å². The number of carbonyl (C=O) groups is 1. The van der Waals surface area contributed by atoms with Crippen LogP contribution in [0.4, 0.5) is 4.79 Å². The monoisotopic (exact) mass is 366 g/mol. The fourth-order valence-electron chi connectivity index (χ4n) is 2.46. The number of hydrogen-bond acceptors (Lipinski definition) is 4. The molecule has 1 aromatic heterocycles. The van der Waals surface area contributed by atoms with Crippen molar-refractivity contribution in [3.63, 3.8) is 0 Å².